The zero-order chi connectivity index (χ0) is 13.7. The van der Waals surface area contributed by atoms with Crippen molar-refractivity contribution in [1.82, 2.24) is 25.1 Å². The lowest BCUT2D eigenvalue weighted by Crippen LogP contribution is -2.34. The van der Waals surface area contributed by atoms with E-state index in [1.807, 2.05) is 4.68 Å². The molecule has 2 rings (SSSR count). The van der Waals surface area contributed by atoms with Crippen molar-refractivity contribution < 1.29 is 9.90 Å². The molecule has 1 aromatic heterocycles. The van der Waals surface area contributed by atoms with E-state index >= 15 is 0 Å². The van der Waals surface area contributed by atoms with Gasteiger partial charge in [0.25, 0.3) is 0 Å². The van der Waals surface area contributed by atoms with Crippen LogP contribution in [0.15, 0.2) is 0 Å². The van der Waals surface area contributed by atoms with Crippen LogP contribution in [0.1, 0.15) is 38.4 Å². The molecule has 19 heavy (non-hydrogen) atoms. The van der Waals surface area contributed by atoms with Crippen molar-refractivity contribution in [3.8, 4) is 0 Å². The van der Waals surface area contributed by atoms with Crippen LogP contribution in [0.5, 0.6) is 0 Å². The normalized spacial score (nSPS) is 17.7. The van der Waals surface area contributed by atoms with Gasteiger partial charge in [-0.15, -0.1) is 5.10 Å². The van der Waals surface area contributed by atoms with Gasteiger partial charge >= 0.3 is 5.97 Å². The number of hydrogen-bond acceptors (Lipinski definition) is 5. The third-order valence-corrected chi connectivity index (χ3v) is 3.58. The van der Waals surface area contributed by atoms with Gasteiger partial charge in [0.1, 0.15) is 0 Å². The Bertz CT molecular complexity index is 412. The maximum Gasteiger partial charge on any atom is 0.303 e. The Labute approximate surface area is 112 Å². The SMILES string of the molecule is CCCn1nnnc1CN1CCC(CC(=O)O)CC1. The second kappa shape index (κ2) is 6.60. The van der Waals surface area contributed by atoms with Crippen molar-refractivity contribution in [1.29, 1.82) is 0 Å². The maximum absolute atomic E-state index is 10.7. The summed E-state index contributed by atoms with van der Waals surface area (Å²) in [7, 11) is 0. The summed E-state index contributed by atoms with van der Waals surface area (Å²) >= 11 is 0. The van der Waals surface area contributed by atoms with Crippen molar-refractivity contribution in [3.63, 3.8) is 0 Å². The highest BCUT2D eigenvalue weighted by Gasteiger charge is 2.22. The Morgan fingerprint density at radius 2 is 2.16 bits per heavy atom. The number of carbonyl (C=O) groups is 1. The number of rotatable bonds is 6. The molecule has 0 atom stereocenters. The van der Waals surface area contributed by atoms with Gasteiger partial charge in [0.2, 0.25) is 0 Å². The first-order chi connectivity index (χ1) is 9.19. The molecule has 106 valence electrons. The lowest BCUT2D eigenvalue weighted by molar-refractivity contribution is -0.138. The number of carboxylic acids is 1. The van der Waals surface area contributed by atoms with Crippen LogP contribution >= 0.6 is 0 Å². The van der Waals surface area contributed by atoms with Crippen LogP contribution in [0.4, 0.5) is 0 Å². The molecule has 7 nitrogen and oxygen atoms in total. The average molecular weight is 267 g/mol. The van der Waals surface area contributed by atoms with Crippen LogP contribution in [-0.2, 0) is 17.9 Å². The van der Waals surface area contributed by atoms with Crippen LogP contribution in [0.25, 0.3) is 0 Å². The van der Waals surface area contributed by atoms with Crippen LogP contribution in [-0.4, -0.2) is 49.3 Å². The van der Waals surface area contributed by atoms with E-state index in [1.165, 1.54) is 0 Å². The molecule has 1 saturated heterocycles. The quantitative estimate of drug-likeness (QED) is 0.819. The fourth-order valence-electron chi connectivity index (χ4n) is 2.52. The zero-order valence-corrected chi connectivity index (χ0v) is 11.3. The molecule has 0 unspecified atom stereocenters. The van der Waals surface area contributed by atoms with Gasteiger partial charge in [-0.2, -0.15) is 0 Å². The first-order valence-electron chi connectivity index (χ1n) is 6.88. The monoisotopic (exact) mass is 267 g/mol. The summed E-state index contributed by atoms with van der Waals surface area (Å²) in [6, 6.07) is 0. The Hall–Kier alpha value is -1.50. The molecule has 2 heterocycles. The van der Waals surface area contributed by atoms with Gasteiger partial charge in [-0.05, 0) is 48.7 Å². The van der Waals surface area contributed by atoms with Crippen molar-refractivity contribution in [2.45, 2.75) is 45.7 Å². The molecule has 0 amide bonds. The number of aliphatic carboxylic acids is 1. The van der Waals surface area contributed by atoms with Crippen LogP contribution in [0.3, 0.4) is 0 Å². The standard InChI is InChI=1S/C12H21N5O2/c1-2-5-17-11(13-14-15-17)9-16-6-3-10(4-7-16)8-12(18)19/h10H,2-9H2,1H3,(H,18,19). The Morgan fingerprint density at radius 1 is 1.42 bits per heavy atom. The Balaban J connectivity index is 1.82. The zero-order valence-electron chi connectivity index (χ0n) is 11.3. The summed E-state index contributed by atoms with van der Waals surface area (Å²) in [5, 5.41) is 20.5. The summed E-state index contributed by atoms with van der Waals surface area (Å²) in [5.41, 5.74) is 0. The molecule has 1 fully saturated rings. The molecule has 0 aliphatic carbocycles. The maximum atomic E-state index is 10.7. The smallest absolute Gasteiger partial charge is 0.303 e. The summed E-state index contributed by atoms with van der Waals surface area (Å²) in [4.78, 5) is 13.0. The minimum absolute atomic E-state index is 0.293. The number of nitrogens with zero attached hydrogens (tertiary/aromatic N) is 5. The second-order valence-electron chi connectivity index (χ2n) is 5.14. The fraction of sp³-hybridized carbons (Fsp3) is 0.833. The molecular weight excluding hydrogens is 246 g/mol. The number of tetrazole rings is 1. The number of likely N-dealkylation sites (tertiary alicyclic amines) is 1. The van der Waals surface area contributed by atoms with Crippen LogP contribution in [0, 0.1) is 5.92 Å². The van der Waals surface area contributed by atoms with Crippen molar-refractivity contribution in [2.24, 2.45) is 5.92 Å². The van der Waals surface area contributed by atoms with E-state index in [1.54, 1.807) is 0 Å². The first kappa shape index (κ1) is 13.9. The molecule has 0 bridgehead atoms. The van der Waals surface area contributed by atoms with Crippen LogP contribution in [0.2, 0.25) is 0 Å². The minimum Gasteiger partial charge on any atom is -0.481 e. The third kappa shape index (κ3) is 3.99. The van der Waals surface area contributed by atoms with Gasteiger partial charge in [-0.3, -0.25) is 9.69 Å². The van der Waals surface area contributed by atoms with E-state index in [-0.39, 0.29) is 0 Å². The molecule has 0 spiro atoms. The number of hydrogen-bond donors (Lipinski definition) is 1. The highest BCUT2D eigenvalue weighted by atomic mass is 16.4. The van der Waals surface area contributed by atoms with Crippen molar-refractivity contribution >= 4 is 5.97 Å². The Kier molecular flexibility index (Phi) is 4.84. The predicted octanol–water partition coefficient (Wildman–Crippen LogP) is 0.770. The first-order valence-corrected chi connectivity index (χ1v) is 6.88. The topological polar surface area (TPSA) is 84.1 Å². The fourth-order valence-corrected chi connectivity index (χ4v) is 2.52. The molecular formula is C12H21N5O2. The van der Waals surface area contributed by atoms with E-state index in [4.69, 9.17) is 5.11 Å². The lowest BCUT2D eigenvalue weighted by Gasteiger charge is -2.30. The molecule has 1 aliphatic heterocycles. The molecule has 1 N–H and O–H groups in total. The molecule has 1 aromatic rings. The van der Waals surface area contributed by atoms with E-state index in [9.17, 15) is 4.79 Å². The van der Waals surface area contributed by atoms with E-state index in [0.29, 0.717) is 12.3 Å². The Morgan fingerprint density at radius 3 is 2.79 bits per heavy atom. The third-order valence-electron chi connectivity index (χ3n) is 3.58. The van der Waals surface area contributed by atoms with Gasteiger partial charge in [0.15, 0.2) is 5.82 Å². The summed E-state index contributed by atoms with van der Waals surface area (Å²) in [6.45, 7) is 5.56. The predicted molar refractivity (Wildman–Crippen MR) is 68.4 cm³/mol. The molecule has 0 aromatic carbocycles. The molecule has 0 radical (unpaired) electrons. The van der Waals surface area contributed by atoms with E-state index in [0.717, 1.165) is 51.3 Å². The highest BCUT2D eigenvalue weighted by Crippen LogP contribution is 2.21. The van der Waals surface area contributed by atoms with Crippen molar-refractivity contribution in [3.05, 3.63) is 5.82 Å². The second-order valence-corrected chi connectivity index (χ2v) is 5.14. The number of carboxylic acid groups (broad SMARTS) is 1. The molecule has 0 saturated carbocycles. The minimum atomic E-state index is -0.690. The van der Waals surface area contributed by atoms with Gasteiger partial charge < -0.3 is 5.11 Å². The van der Waals surface area contributed by atoms with Gasteiger partial charge in [-0.1, -0.05) is 6.92 Å². The van der Waals surface area contributed by atoms with E-state index in [2.05, 4.69) is 27.3 Å². The lowest BCUT2D eigenvalue weighted by atomic mass is 9.94. The van der Waals surface area contributed by atoms with Gasteiger partial charge in [0, 0.05) is 13.0 Å². The number of aryl methyl sites for hydroxylation is 1. The van der Waals surface area contributed by atoms with Crippen molar-refractivity contribution in [2.75, 3.05) is 13.1 Å². The molecule has 7 heteroatoms. The number of piperidine rings is 1. The van der Waals surface area contributed by atoms with Gasteiger partial charge in [0.05, 0.1) is 6.54 Å². The largest absolute Gasteiger partial charge is 0.481 e. The average Bonchev–Trinajstić information content (AvgIpc) is 2.79. The van der Waals surface area contributed by atoms with Gasteiger partial charge in [-0.25, -0.2) is 4.68 Å². The summed E-state index contributed by atoms with van der Waals surface area (Å²) in [5.74, 6) is 0.532. The molecule has 1 aliphatic rings. The number of aromatic nitrogens is 4. The van der Waals surface area contributed by atoms with Crippen LogP contribution < -0.4 is 0 Å². The summed E-state index contributed by atoms with van der Waals surface area (Å²) < 4.78 is 1.85. The highest BCUT2D eigenvalue weighted by molar-refractivity contribution is 5.67. The summed E-state index contributed by atoms with van der Waals surface area (Å²) in [6.07, 6.45) is 3.20. The van der Waals surface area contributed by atoms with E-state index < -0.39 is 5.97 Å².